The van der Waals surface area contributed by atoms with Crippen molar-refractivity contribution >= 4 is 16.6 Å². The number of nitrogens with zero attached hydrogens (tertiary/aromatic N) is 3. The molecule has 0 saturated carbocycles. The zero-order valence-electron chi connectivity index (χ0n) is 10.0. The van der Waals surface area contributed by atoms with Gasteiger partial charge in [-0.25, -0.2) is 0 Å². The van der Waals surface area contributed by atoms with E-state index in [9.17, 15) is 0 Å². The minimum atomic E-state index is 0.450. The molecule has 0 aliphatic rings. The maximum Gasteiger partial charge on any atom is 0.182 e. The normalized spacial score (nSPS) is 10.1. The molecule has 3 aromatic rings. The van der Waals surface area contributed by atoms with Crippen LogP contribution in [0.1, 0.15) is 0 Å². The zero-order chi connectivity index (χ0) is 13.1. The first-order valence-corrected chi connectivity index (χ1v) is 5.85. The van der Waals surface area contributed by atoms with E-state index in [-0.39, 0.29) is 0 Å². The molecule has 0 unspecified atom stereocenters. The first-order valence-electron chi connectivity index (χ1n) is 5.85. The van der Waals surface area contributed by atoms with E-state index in [1.165, 1.54) is 5.39 Å². The van der Waals surface area contributed by atoms with Crippen LogP contribution in [-0.2, 0) is 0 Å². The molecule has 4 nitrogen and oxygen atoms in total. The van der Waals surface area contributed by atoms with E-state index in [0.29, 0.717) is 5.82 Å². The summed E-state index contributed by atoms with van der Waals surface area (Å²) in [6.07, 6.45) is 1.82. The van der Waals surface area contributed by atoms with Gasteiger partial charge >= 0.3 is 0 Å². The van der Waals surface area contributed by atoms with Crippen LogP contribution in [-0.4, -0.2) is 10.2 Å². The van der Waals surface area contributed by atoms with Gasteiger partial charge < -0.3 is 0 Å². The molecule has 0 atom stereocenters. The molecule has 0 saturated heterocycles. The van der Waals surface area contributed by atoms with Gasteiger partial charge in [0.25, 0.3) is 0 Å². The number of hydrogen-bond acceptors (Lipinski definition) is 4. The summed E-state index contributed by atoms with van der Waals surface area (Å²) < 4.78 is 0. The maximum absolute atomic E-state index is 8.52. The number of nitrogens with one attached hydrogen (secondary N) is 1. The van der Waals surface area contributed by atoms with Crippen LogP contribution >= 0.6 is 0 Å². The fourth-order valence-corrected chi connectivity index (χ4v) is 2.05. The second-order valence-electron chi connectivity index (χ2n) is 4.07. The summed E-state index contributed by atoms with van der Waals surface area (Å²) in [4.78, 5) is 0. The molecule has 19 heavy (non-hydrogen) atoms. The predicted octanol–water partition coefficient (Wildman–Crippen LogP) is 3.19. The molecule has 0 aliphatic carbocycles. The molecule has 0 fully saturated rings. The van der Waals surface area contributed by atoms with Crippen LogP contribution in [0, 0.1) is 11.5 Å². The van der Waals surface area contributed by atoms with Crippen LogP contribution < -0.4 is 5.32 Å². The average molecular weight is 246 g/mol. The van der Waals surface area contributed by atoms with Crippen LogP contribution in [0.4, 0.5) is 5.82 Å². The molecular weight excluding hydrogens is 236 g/mol. The van der Waals surface area contributed by atoms with Crippen molar-refractivity contribution in [2.75, 3.05) is 5.32 Å². The van der Waals surface area contributed by atoms with E-state index >= 15 is 0 Å². The second-order valence-corrected chi connectivity index (χ2v) is 4.07. The summed E-state index contributed by atoms with van der Waals surface area (Å²) in [5.74, 6) is 0.450. The second kappa shape index (κ2) is 4.75. The molecule has 90 valence electrons. The minimum absolute atomic E-state index is 0.450. The summed E-state index contributed by atoms with van der Waals surface area (Å²) >= 11 is 0. The van der Waals surface area contributed by atoms with Crippen molar-refractivity contribution in [3.8, 4) is 17.5 Å². The third-order valence-corrected chi connectivity index (χ3v) is 2.91. The van der Waals surface area contributed by atoms with Crippen molar-refractivity contribution in [3.63, 3.8) is 0 Å². The first-order chi connectivity index (χ1) is 9.38. The lowest BCUT2D eigenvalue weighted by atomic mass is 10.0. The molecule has 0 spiro atoms. The SMILES string of the molecule is N#CNc1ccc(-c2cccc3ccccc23)nn1. The Morgan fingerprint density at radius 1 is 0.895 bits per heavy atom. The highest BCUT2D eigenvalue weighted by atomic mass is 15.2. The number of benzene rings is 2. The molecule has 2 aromatic carbocycles. The fourth-order valence-electron chi connectivity index (χ4n) is 2.05. The van der Waals surface area contributed by atoms with Gasteiger partial charge in [-0.05, 0) is 22.9 Å². The third-order valence-electron chi connectivity index (χ3n) is 2.91. The smallest absolute Gasteiger partial charge is 0.182 e. The van der Waals surface area contributed by atoms with Crippen LogP contribution in [0.25, 0.3) is 22.0 Å². The van der Waals surface area contributed by atoms with Gasteiger partial charge in [-0.1, -0.05) is 42.5 Å². The Bertz CT molecular complexity index is 752. The lowest BCUT2D eigenvalue weighted by Crippen LogP contribution is -1.95. The summed E-state index contributed by atoms with van der Waals surface area (Å²) in [5, 5.41) is 21.4. The number of rotatable bonds is 2. The van der Waals surface area contributed by atoms with Crippen LogP contribution in [0.3, 0.4) is 0 Å². The van der Waals surface area contributed by atoms with E-state index in [1.807, 2.05) is 36.5 Å². The number of fused-ring (bicyclic) bond motifs is 1. The average Bonchev–Trinajstić information content (AvgIpc) is 2.48. The topological polar surface area (TPSA) is 61.6 Å². The molecule has 0 bridgehead atoms. The monoisotopic (exact) mass is 246 g/mol. The van der Waals surface area contributed by atoms with Crippen molar-refractivity contribution < 1.29 is 0 Å². The largest absolute Gasteiger partial charge is 0.275 e. The number of anilines is 1. The number of aromatic nitrogens is 2. The van der Waals surface area contributed by atoms with Gasteiger partial charge in [0.15, 0.2) is 12.0 Å². The molecule has 0 aliphatic heterocycles. The number of hydrogen-bond donors (Lipinski definition) is 1. The summed E-state index contributed by atoms with van der Waals surface area (Å²) in [6, 6.07) is 17.8. The van der Waals surface area contributed by atoms with Crippen LogP contribution in [0.15, 0.2) is 54.6 Å². The summed E-state index contributed by atoms with van der Waals surface area (Å²) in [7, 11) is 0. The van der Waals surface area contributed by atoms with E-state index < -0.39 is 0 Å². The van der Waals surface area contributed by atoms with Crippen molar-refractivity contribution in [1.29, 1.82) is 5.26 Å². The molecule has 1 heterocycles. The quantitative estimate of drug-likeness (QED) is 0.557. The Kier molecular flexibility index (Phi) is 2.79. The Hall–Kier alpha value is -2.93. The molecular formula is C15H10N4. The van der Waals surface area contributed by atoms with Crippen LogP contribution in [0.2, 0.25) is 0 Å². The van der Waals surface area contributed by atoms with Crippen molar-refractivity contribution in [1.82, 2.24) is 10.2 Å². The molecule has 4 heteroatoms. The lowest BCUT2D eigenvalue weighted by molar-refractivity contribution is 1.04. The predicted molar refractivity (Wildman–Crippen MR) is 74.2 cm³/mol. The Balaban J connectivity index is 2.11. The van der Waals surface area contributed by atoms with E-state index in [2.05, 4.69) is 33.7 Å². The molecule has 1 aromatic heterocycles. The van der Waals surface area contributed by atoms with E-state index in [4.69, 9.17) is 5.26 Å². The summed E-state index contributed by atoms with van der Waals surface area (Å²) in [6.45, 7) is 0. The first kappa shape index (κ1) is 11.2. The Labute approximate surface area is 110 Å². The van der Waals surface area contributed by atoms with Gasteiger partial charge in [0.1, 0.15) is 0 Å². The van der Waals surface area contributed by atoms with Gasteiger partial charge in [0.2, 0.25) is 0 Å². The van der Waals surface area contributed by atoms with Gasteiger partial charge in [-0.2, -0.15) is 5.26 Å². The molecule has 0 amide bonds. The lowest BCUT2D eigenvalue weighted by Gasteiger charge is -2.05. The van der Waals surface area contributed by atoms with Crippen LogP contribution in [0.5, 0.6) is 0 Å². The van der Waals surface area contributed by atoms with E-state index in [1.54, 1.807) is 6.07 Å². The van der Waals surface area contributed by atoms with Gasteiger partial charge in [-0.3, -0.25) is 5.32 Å². The highest BCUT2D eigenvalue weighted by Gasteiger charge is 2.05. The Morgan fingerprint density at radius 3 is 2.53 bits per heavy atom. The molecule has 3 rings (SSSR count). The van der Waals surface area contributed by atoms with Gasteiger partial charge in [0, 0.05) is 5.56 Å². The standard InChI is InChI=1S/C15H10N4/c16-10-17-15-9-8-14(18-19-15)13-7-3-5-11-4-1-2-6-12(11)13/h1-9H,(H,17,19). The van der Waals surface area contributed by atoms with Crippen molar-refractivity contribution in [2.45, 2.75) is 0 Å². The van der Waals surface area contributed by atoms with E-state index in [0.717, 1.165) is 16.6 Å². The number of nitriles is 1. The highest BCUT2D eigenvalue weighted by molar-refractivity contribution is 5.95. The highest BCUT2D eigenvalue weighted by Crippen LogP contribution is 2.26. The summed E-state index contributed by atoms with van der Waals surface area (Å²) in [5.41, 5.74) is 1.83. The minimum Gasteiger partial charge on any atom is -0.275 e. The molecule has 1 N–H and O–H groups in total. The third kappa shape index (κ3) is 2.09. The van der Waals surface area contributed by atoms with Gasteiger partial charge in [-0.15, -0.1) is 10.2 Å². The Morgan fingerprint density at radius 2 is 1.74 bits per heavy atom. The zero-order valence-corrected chi connectivity index (χ0v) is 10.0. The molecule has 0 radical (unpaired) electrons. The van der Waals surface area contributed by atoms with Crippen molar-refractivity contribution in [2.24, 2.45) is 0 Å². The van der Waals surface area contributed by atoms with Gasteiger partial charge in [0.05, 0.1) is 5.69 Å². The maximum atomic E-state index is 8.52. The van der Waals surface area contributed by atoms with Crippen molar-refractivity contribution in [3.05, 3.63) is 54.6 Å². The fraction of sp³-hybridized carbons (Fsp3) is 0.